The second-order valence-corrected chi connectivity index (χ2v) is 4.77. The van der Waals surface area contributed by atoms with Crippen molar-refractivity contribution in [2.45, 2.75) is 26.3 Å². The zero-order valence-corrected chi connectivity index (χ0v) is 11.9. The van der Waals surface area contributed by atoms with Gasteiger partial charge in [-0.25, -0.2) is 4.39 Å². The Bertz CT molecular complexity index is 575. The van der Waals surface area contributed by atoms with Crippen LogP contribution in [0.4, 0.5) is 4.39 Å². The third-order valence-corrected chi connectivity index (χ3v) is 3.43. The molecular weight excluding hydrogens is 241 g/mol. The van der Waals surface area contributed by atoms with Crippen molar-refractivity contribution in [1.29, 1.82) is 0 Å². The largest absolute Gasteiger partial charge is 0.308 e. The molecule has 0 fully saturated rings. The number of aryl methyl sites for hydroxylation is 3. The van der Waals surface area contributed by atoms with E-state index in [1.165, 1.54) is 6.07 Å². The molecule has 1 unspecified atom stereocenters. The predicted octanol–water partition coefficient (Wildman–Crippen LogP) is 2.74. The van der Waals surface area contributed by atoms with Crippen LogP contribution in [0.1, 0.15) is 35.5 Å². The Hall–Kier alpha value is -1.68. The van der Waals surface area contributed by atoms with Crippen molar-refractivity contribution >= 4 is 0 Å². The molecule has 0 saturated carbocycles. The van der Waals surface area contributed by atoms with Gasteiger partial charge in [0.1, 0.15) is 5.82 Å². The van der Waals surface area contributed by atoms with Crippen LogP contribution in [-0.2, 0) is 13.5 Å². The standard InChI is InChI=1S/C15H20FN3/c1-5-12-9-14(19(4)18-12)15(17-3)11-6-7-13(16)10(2)8-11/h6-9,15,17H,5H2,1-4H3. The first-order chi connectivity index (χ1) is 9.06. The number of halogens is 1. The van der Waals surface area contributed by atoms with Gasteiger partial charge in [0.15, 0.2) is 0 Å². The highest BCUT2D eigenvalue weighted by Crippen LogP contribution is 2.24. The summed E-state index contributed by atoms with van der Waals surface area (Å²) < 4.78 is 15.3. The molecule has 2 rings (SSSR count). The van der Waals surface area contributed by atoms with Crippen LogP contribution in [-0.4, -0.2) is 16.8 Å². The Kier molecular flexibility index (Phi) is 4.00. The highest BCUT2D eigenvalue weighted by atomic mass is 19.1. The van der Waals surface area contributed by atoms with Crippen molar-refractivity contribution < 1.29 is 4.39 Å². The lowest BCUT2D eigenvalue weighted by Crippen LogP contribution is -2.20. The Morgan fingerprint density at radius 3 is 2.63 bits per heavy atom. The van der Waals surface area contributed by atoms with Crippen LogP contribution < -0.4 is 5.32 Å². The van der Waals surface area contributed by atoms with Crippen molar-refractivity contribution in [3.63, 3.8) is 0 Å². The minimum atomic E-state index is -0.169. The monoisotopic (exact) mass is 261 g/mol. The molecule has 1 N–H and O–H groups in total. The normalized spacial score (nSPS) is 12.7. The molecule has 1 heterocycles. The molecule has 0 aliphatic heterocycles. The zero-order chi connectivity index (χ0) is 14.0. The summed E-state index contributed by atoms with van der Waals surface area (Å²) in [5.41, 5.74) is 3.87. The summed E-state index contributed by atoms with van der Waals surface area (Å²) >= 11 is 0. The molecule has 1 atom stereocenters. The van der Waals surface area contributed by atoms with E-state index < -0.39 is 0 Å². The highest BCUT2D eigenvalue weighted by Gasteiger charge is 2.17. The van der Waals surface area contributed by atoms with Crippen LogP contribution in [0.3, 0.4) is 0 Å². The maximum atomic E-state index is 13.4. The van der Waals surface area contributed by atoms with E-state index >= 15 is 0 Å². The molecule has 102 valence electrons. The summed E-state index contributed by atoms with van der Waals surface area (Å²) in [5, 5.41) is 7.74. The van der Waals surface area contributed by atoms with Crippen LogP contribution in [0.5, 0.6) is 0 Å². The van der Waals surface area contributed by atoms with E-state index in [1.54, 1.807) is 6.92 Å². The molecule has 0 amide bonds. The molecule has 0 bridgehead atoms. The predicted molar refractivity (Wildman–Crippen MR) is 74.6 cm³/mol. The Labute approximate surface area is 113 Å². The van der Waals surface area contributed by atoms with Gasteiger partial charge in [-0.3, -0.25) is 4.68 Å². The van der Waals surface area contributed by atoms with Gasteiger partial charge in [-0.05, 0) is 43.7 Å². The Balaban J connectivity index is 2.43. The molecular formula is C15H20FN3. The topological polar surface area (TPSA) is 29.9 Å². The van der Waals surface area contributed by atoms with Gasteiger partial charge < -0.3 is 5.32 Å². The number of hydrogen-bond acceptors (Lipinski definition) is 2. The summed E-state index contributed by atoms with van der Waals surface area (Å²) in [7, 11) is 3.84. The summed E-state index contributed by atoms with van der Waals surface area (Å²) in [4.78, 5) is 0. The van der Waals surface area contributed by atoms with Gasteiger partial charge in [0.25, 0.3) is 0 Å². The van der Waals surface area contributed by atoms with E-state index in [0.29, 0.717) is 5.56 Å². The number of hydrogen-bond donors (Lipinski definition) is 1. The van der Waals surface area contributed by atoms with Gasteiger partial charge in [0, 0.05) is 7.05 Å². The zero-order valence-electron chi connectivity index (χ0n) is 11.9. The summed E-state index contributed by atoms with van der Waals surface area (Å²) in [6.45, 7) is 3.87. The number of rotatable bonds is 4. The van der Waals surface area contributed by atoms with Gasteiger partial charge in [-0.15, -0.1) is 0 Å². The molecule has 0 aliphatic rings. The van der Waals surface area contributed by atoms with E-state index in [0.717, 1.165) is 23.4 Å². The minimum absolute atomic E-state index is 0.0251. The second kappa shape index (κ2) is 5.53. The SMILES string of the molecule is CCc1cc(C(NC)c2ccc(F)c(C)c2)n(C)n1. The van der Waals surface area contributed by atoms with Crippen molar-refractivity contribution in [2.75, 3.05) is 7.05 Å². The molecule has 2 aromatic rings. The molecule has 3 nitrogen and oxygen atoms in total. The van der Waals surface area contributed by atoms with E-state index in [2.05, 4.69) is 23.4 Å². The van der Waals surface area contributed by atoms with Gasteiger partial charge in [-0.1, -0.05) is 19.1 Å². The molecule has 1 aromatic heterocycles. The fourth-order valence-corrected chi connectivity index (χ4v) is 2.32. The summed E-state index contributed by atoms with van der Waals surface area (Å²) in [5.74, 6) is -0.169. The smallest absolute Gasteiger partial charge is 0.126 e. The van der Waals surface area contributed by atoms with Gasteiger partial charge in [-0.2, -0.15) is 5.10 Å². The quantitative estimate of drug-likeness (QED) is 0.917. The number of nitrogens with zero attached hydrogens (tertiary/aromatic N) is 2. The van der Waals surface area contributed by atoms with Crippen LogP contribution in [0.2, 0.25) is 0 Å². The molecule has 19 heavy (non-hydrogen) atoms. The molecule has 1 aromatic carbocycles. The average molecular weight is 261 g/mol. The first-order valence-electron chi connectivity index (χ1n) is 6.53. The van der Waals surface area contributed by atoms with Crippen molar-refractivity contribution in [3.05, 3.63) is 52.6 Å². The van der Waals surface area contributed by atoms with Gasteiger partial charge in [0.05, 0.1) is 17.4 Å². The van der Waals surface area contributed by atoms with Crippen molar-refractivity contribution in [1.82, 2.24) is 15.1 Å². The first-order valence-corrected chi connectivity index (χ1v) is 6.53. The first kappa shape index (κ1) is 13.7. The maximum Gasteiger partial charge on any atom is 0.126 e. The van der Waals surface area contributed by atoms with E-state index in [9.17, 15) is 4.39 Å². The Morgan fingerprint density at radius 1 is 1.37 bits per heavy atom. The fourth-order valence-electron chi connectivity index (χ4n) is 2.32. The fraction of sp³-hybridized carbons (Fsp3) is 0.400. The average Bonchev–Trinajstić information content (AvgIpc) is 2.76. The number of benzene rings is 1. The molecule has 0 radical (unpaired) electrons. The van der Waals surface area contributed by atoms with Crippen LogP contribution in [0, 0.1) is 12.7 Å². The second-order valence-electron chi connectivity index (χ2n) is 4.77. The van der Waals surface area contributed by atoms with Crippen molar-refractivity contribution in [2.24, 2.45) is 7.05 Å². The lowest BCUT2D eigenvalue weighted by atomic mass is 10.0. The van der Waals surface area contributed by atoms with E-state index in [-0.39, 0.29) is 11.9 Å². The van der Waals surface area contributed by atoms with Crippen LogP contribution in [0.15, 0.2) is 24.3 Å². The van der Waals surface area contributed by atoms with Crippen LogP contribution in [0.25, 0.3) is 0 Å². The third-order valence-electron chi connectivity index (χ3n) is 3.43. The number of nitrogens with one attached hydrogen (secondary N) is 1. The lowest BCUT2D eigenvalue weighted by Gasteiger charge is -2.17. The minimum Gasteiger partial charge on any atom is -0.308 e. The molecule has 0 aliphatic carbocycles. The lowest BCUT2D eigenvalue weighted by molar-refractivity contribution is 0.594. The highest BCUT2D eigenvalue weighted by molar-refractivity contribution is 5.32. The van der Waals surface area contributed by atoms with E-state index in [1.807, 2.05) is 30.9 Å². The summed E-state index contributed by atoms with van der Waals surface area (Å²) in [6.07, 6.45) is 0.909. The summed E-state index contributed by atoms with van der Waals surface area (Å²) in [6, 6.07) is 7.35. The molecule has 0 spiro atoms. The third kappa shape index (κ3) is 2.68. The molecule has 0 saturated heterocycles. The number of aromatic nitrogens is 2. The van der Waals surface area contributed by atoms with Crippen molar-refractivity contribution in [3.8, 4) is 0 Å². The maximum absolute atomic E-state index is 13.4. The van der Waals surface area contributed by atoms with Gasteiger partial charge in [0.2, 0.25) is 0 Å². The molecule has 4 heteroatoms. The Morgan fingerprint density at radius 2 is 2.11 bits per heavy atom. The van der Waals surface area contributed by atoms with Gasteiger partial charge >= 0.3 is 0 Å². The van der Waals surface area contributed by atoms with Crippen LogP contribution >= 0.6 is 0 Å². The van der Waals surface area contributed by atoms with E-state index in [4.69, 9.17) is 0 Å².